The normalized spacial score (nSPS) is 27.1. The summed E-state index contributed by atoms with van der Waals surface area (Å²) >= 11 is 5.94. The maximum absolute atomic E-state index is 12.7. The quantitative estimate of drug-likeness (QED) is 0.675. The molecule has 2 aromatic rings. The van der Waals surface area contributed by atoms with Crippen LogP contribution >= 0.6 is 11.6 Å². The van der Waals surface area contributed by atoms with Crippen molar-refractivity contribution >= 4 is 17.7 Å². The van der Waals surface area contributed by atoms with Crippen LogP contribution in [0, 0.1) is 5.41 Å². The fourth-order valence-electron chi connectivity index (χ4n) is 4.38. The molecule has 0 saturated heterocycles. The molecule has 0 bridgehead atoms. The fourth-order valence-corrected chi connectivity index (χ4v) is 4.51. The summed E-state index contributed by atoms with van der Waals surface area (Å²) in [5.74, 6) is 0.672. The molecule has 1 N–H and O–H groups in total. The summed E-state index contributed by atoms with van der Waals surface area (Å²) in [6.45, 7) is 4.01. The van der Waals surface area contributed by atoms with Crippen molar-refractivity contribution in [2.75, 3.05) is 14.2 Å². The first-order valence-electron chi connectivity index (χ1n) is 10.2. The predicted molar refractivity (Wildman–Crippen MR) is 114 cm³/mol. The number of halogens is 1. The Balaban J connectivity index is 1.45. The van der Waals surface area contributed by atoms with Crippen LogP contribution in [0.1, 0.15) is 44.7 Å². The lowest BCUT2D eigenvalue weighted by atomic mass is 10.1. The van der Waals surface area contributed by atoms with E-state index in [1.165, 1.54) is 14.2 Å². The molecular weight excluding hydrogens is 422 g/mol. The van der Waals surface area contributed by atoms with Crippen LogP contribution in [-0.4, -0.2) is 42.0 Å². The van der Waals surface area contributed by atoms with Crippen molar-refractivity contribution < 1.29 is 23.7 Å². The van der Waals surface area contributed by atoms with Crippen LogP contribution in [0.3, 0.4) is 0 Å². The highest BCUT2D eigenvalue weighted by atomic mass is 35.5. The van der Waals surface area contributed by atoms with E-state index in [2.05, 4.69) is 22.2 Å². The van der Waals surface area contributed by atoms with E-state index in [-0.39, 0.29) is 23.6 Å². The van der Waals surface area contributed by atoms with Crippen molar-refractivity contribution in [2.24, 2.45) is 5.41 Å². The molecule has 0 aliphatic heterocycles. The number of alkyl carbamates (subject to hydrolysis) is 1. The number of benzene rings is 1. The molecular formula is C22H26ClN3O5. The third-order valence-electron chi connectivity index (χ3n) is 6.33. The molecule has 0 spiro atoms. The predicted octanol–water partition coefficient (Wildman–Crippen LogP) is 4.32. The van der Waals surface area contributed by atoms with Crippen molar-refractivity contribution in [2.45, 2.75) is 50.9 Å². The second-order valence-electron chi connectivity index (χ2n) is 8.31. The fraction of sp³-hybridized carbons (Fsp3) is 0.500. The van der Waals surface area contributed by atoms with Gasteiger partial charge in [0.05, 0.1) is 26.3 Å². The first-order chi connectivity index (χ1) is 14.8. The van der Waals surface area contributed by atoms with Gasteiger partial charge in [-0.1, -0.05) is 30.7 Å². The van der Waals surface area contributed by atoms with Gasteiger partial charge in [-0.2, -0.15) is 9.97 Å². The molecule has 1 heterocycles. The molecule has 4 unspecified atom stereocenters. The average molecular weight is 448 g/mol. The van der Waals surface area contributed by atoms with Gasteiger partial charge in [-0.3, -0.25) is 0 Å². The number of rotatable bonds is 7. The maximum Gasteiger partial charge on any atom is 0.408 e. The van der Waals surface area contributed by atoms with Crippen LogP contribution in [0.15, 0.2) is 30.3 Å². The summed E-state index contributed by atoms with van der Waals surface area (Å²) in [7, 11) is 3.02. The summed E-state index contributed by atoms with van der Waals surface area (Å²) in [6.07, 6.45) is 1.52. The third kappa shape index (κ3) is 4.08. The first-order valence-corrected chi connectivity index (χ1v) is 10.5. The summed E-state index contributed by atoms with van der Waals surface area (Å²) < 4.78 is 22.4. The molecule has 1 aromatic carbocycles. The van der Waals surface area contributed by atoms with Crippen molar-refractivity contribution in [3.05, 3.63) is 40.9 Å². The van der Waals surface area contributed by atoms with Gasteiger partial charge in [-0.15, -0.1) is 0 Å². The lowest BCUT2D eigenvalue weighted by Crippen LogP contribution is -2.41. The monoisotopic (exact) mass is 447 g/mol. The van der Waals surface area contributed by atoms with Crippen LogP contribution in [0.2, 0.25) is 5.02 Å². The third-order valence-corrected chi connectivity index (χ3v) is 6.58. The van der Waals surface area contributed by atoms with Gasteiger partial charge in [0.15, 0.2) is 5.60 Å². The Bertz CT molecular complexity index is 950. The molecule has 9 heteroatoms. The first kappa shape index (κ1) is 21.5. The minimum Gasteiger partial charge on any atom is -0.481 e. The van der Waals surface area contributed by atoms with Gasteiger partial charge in [-0.25, -0.2) is 4.79 Å². The summed E-state index contributed by atoms with van der Waals surface area (Å²) in [5.41, 5.74) is 0.103. The molecule has 8 nitrogen and oxygen atoms in total. The zero-order chi connectivity index (χ0) is 22.2. The number of nitrogens with zero attached hydrogens (tertiary/aromatic N) is 2. The number of hydrogen-bond acceptors (Lipinski definition) is 7. The van der Waals surface area contributed by atoms with Crippen molar-refractivity contribution in [3.8, 4) is 17.8 Å². The van der Waals surface area contributed by atoms with E-state index in [4.69, 9.17) is 30.5 Å². The van der Waals surface area contributed by atoms with E-state index in [0.29, 0.717) is 16.8 Å². The van der Waals surface area contributed by atoms with Crippen LogP contribution in [0.25, 0.3) is 0 Å². The Labute approximate surface area is 186 Å². The number of aromatic nitrogens is 2. The Hall–Kier alpha value is -2.74. The molecule has 2 aliphatic rings. The zero-order valence-corrected chi connectivity index (χ0v) is 18.7. The highest BCUT2D eigenvalue weighted by Crippen LogP contribution is 2.69. The molecule has 166 valence electrons. The number of methoxy groups -OCH3 is 2. The van der Waals surface area contributed by atoms with E-state index < -0.39 is 11.7 Å². The van der Waals surface area contributed by atoms with Crippen LogP contribution in [0.4, 0.5) is 4.79 Å². The van der Waals surface area contributed by atoms with Gasteiger partial charge in [0.1, 0.15) is 6.10 Å². The van der Waals surface area contributed by atoms with E-state index in [9.17, 15) is 4.79 Å². The number of amides is 1. The number of nitrogens with one attached hydrogen (secondary N) is 1. The Morgan fingerprint density at radius 1 is 1.19 bits per heavy atom. The SMILES string of the molecule is COc1cc(OC)nc(OC2CCC3(C)CC23OC(=O)NC(C)c2ccc(Cl)cc2)n1. The molecule has 4 atom stereocenters. The Kier molecular flexibility index (Phi) is 5.60. The smallest absolute Gasteiger partial charge is 0.408 e. The van der Waals surface area contributed by atoms with E-state index in [1.807, 2.05) is 19.1 Å². The molecule has 2 aliphatic carbocycles. The zero-order valence-electron chi connectivity index (χ0n) is 18.0. The van der Waals surface area contributed by atoms with Crippen LogP contribution in [-0.2, 0) is 4.74 Å². The second kappa shape index (κ2) is 8.07. The number of ether oxygens (including phenoxy) is 4. The standard InChI is InChI=1S/C22H26ClN3O5/c1-13(14-5-7-15(23)8-6-14)24-20(27)31-22-12-21(22,2)10-9-16(22)30-19-25-17(28-3)11-18(26-19)29-4/h5-8,11,13,16H,9-10,12H2,1-4H3,(H,24,27). The minimum absolute atomic E-state index is 0.124. The summed E-state index contributed by atoms with van der Waals surface area (Å²) in [6, 6.07) is 8.82. The van der Waals surface area contributed by atoms with E-state index >= 15 is 0 Å². The highest BCUT2D eigenvalue weighted by Gasteiger charge is 2.76. The maximum atomic E-state index is 12.7. The number of fused-ring (bicyclic) bond motifs is 1. The van der Waals surface area contributed by atoms with Crippen LogP contribution < -0.4 is 19.5 Å². The van der Waals surface area contributed by atoms with Gasteiger partial charge < -0.3 is 24.3 Å². The van der Waals surface area contributed by atoms with Crippen LogP contribution in [0.5, 0.6) is 17.8 Å². The summed E-state index contributed by atoms with van der Waals surface area (Å²) in [4.78, 5) is 21.2. The van der Waals surface area contributed by atoms with E-state index in [1.54, 1.807) is 18.2 Å². The molecule has 1 aromatic heterocycles. The van der Waals surface area contributed by atoms with E-state index in [0.717, 1.165) is 24.8 Å². The number of carbonyl (C=O) groups excluding carboxylic acids is 1. The number of hydrogen-bond donors (Lipinski definition) is 1. The topological polar surface area (TPSA) is 91.8 Å². The van der Waals surface area contributed by atoms with Gasteiger partial charge in [-0.05, 0) is 37.5 Å². The Morgan fingerprint density at radius 2 is 1.84 bits per heavy atom. The van der Waals surface area contributed by atoms with Gasteiger partial charge >= 0.3 is 12.1 Å². The molecule has 0 radical (unpaired) electrons. The van der Waals surface area contributed by atoms with Gasteiger partial charge in [0, 0.05) is 16.9 Å². The molecule has 2 fully saturated rings. The molecule has 1 amide bonds. The molecule has 4 rings (SSSR count). The van der Waals surface area contributed by atoms with Crippen molar-refractivity contribution in [3.63, 3.8) is 0 Å². The largest absolute Gasteiger partial charge is 0.481 e. The Morgan fingerprint density at radius 3 is 2.42 bits per heavy atom. The van der Waals surface area contributed by atoms with Crippen molar-refractivity contribution in [1.82, 2.24) is 15.3 Å². The highest BCUT2D eigenvalue weighted by molar-refractivity contribution is 6.30. The van der Waals surface area contributed by atoms with Crippen molar-refractivity contribution in [1.29, 1.82) is 0 Å². The number of carbonyl (C=O) groups is 1. The minimum atomic E-state index is -0.712. The summed E-state index contributed by atoms with van der Waals surface area (Å²) in [5, 5.41) is 3.55. The lowest BCUT2D eigenvalue weighted by molar-refractivity contribution is -0.00805. The van der Waals surface area contributed by atoms with Gasteiger partial charge in [0.2, 0.25) is 11.8 Å². The second-order valence-corrected chi connectivity index (χ2v) is 8.75. The lowest BCUT2D eigenvalue weighted by Gasteiger charge is -2.26. The molecule has 2 saturated carbocycles. The average Bonchev–Trinajstić information content (AvgIpc) is 3.26. The van der Waals surface area contributed by atoms with Gasteiger partial charge in [0.25, 0.3) is 0 Å². The molecule has 31 heavy (non-hydrogen) atoms.